The van der Waals surface area contributed by atoms with Crippen LogP contribution in [0.1, 0.15) is 0 Å². The van der Waals surface area contributed by atoms with Crippen molar-refractivity contribution in [2.45, 2.75) is 4.90 Å². The molecular weight excluding hydrogens is 273 g/mol. The van der Waals surface area contributed by atoms with Gasteiger partial charge >= 0.3 is 0 Å². The Kier molecular flexibility index (Phi) is 5.01. The summed E-state index contributed by atoms with van der Waals surface area (Å²) in [6.07, 6.45) is 0. The monoisotopic (exact) mass is 283 g/mol. The quantitative estimate of drug-likeness (QED) is 0.840. The minimum atomic E-state index is -3.69. The summed E-state index contributed by atoms with van der Waals surface area (Å²) >= 11 is 11.6. The second-order valence-corrected chi connectivity index (χ2v) is 5.46. The SMILES string of the molecule is COCCNS(=O)(=O)c1c(Cl)cccc1Cl. The molecule has 0 fully saturated rings. The van der Waals surface area contributed by atoms with Crippen molar-refractivity contribution in [3.63, 3.8) is 0 Å². The first-order valence-corrected chi connectivity index (χ1v) is 6.65. The van der Waals surface area contributed by atoms with Crippen LogP contribution in [0.2, 0.25) is 10.0 Å². The molecule has 1 rings (SSSR count). The van der Waals surface area contributed by atoms with Crippen molar-refractivity contribution in [3.8, 4) is 0 Å². The predicted molar refractivity (Wildman–Crippen MR) is 63.5 cm³/mol. The molecule has 0 amide bonds. The second kappa shape index (κ2) is 5.84. The molecular formula is C9H11Cl2NO3S. The smallest absolute Gasteiger partial charge is 0.243 e. The molecule has 0 bridgehead atoms. The maximum atomic E-state index is 11.8. The van der Waals surface area contributed by atoms with Gasteiger partial charge in [0, 0.05) is 13.7 Å². The molecule has 90 valence electrons. The third-order valence-electron chi connectivity index (χ3n) is 1.79. The van der Waals surface area contributed by atoms with Crippen LogP contribution < -0.4 is 4.72 Å². The van der Waals surface area contributed by atoms with E-state index in [4.69, 9.17) is 27.9 Å². The third kappa shape index (κ3) is 3.33. The van der Waals surface area contributed by atoms with Gasteiger partial charge in [0.1, 0.15) is 4.90 Å². The van der Waals surface area contributed by atoms with Gasteiger partial charge in [-0.3, -0.25) is 0 Å². The fourth-order valence-corrected chi connectivity index (χ4v) is 3.24. The van der Waals surface area contributed by atoms with E-state index < -0.39 is 10.0 Å². The van der Waals surface area contributed by atoms with Crippen molar-refractivity contribution in [2.24, 2.45) is 0 Å². The van der Waals surface area contributed by atoms with Crippen LogP contribution >= 0.6 is 23.2 Å². The summed E-state index contributed by atoms with van der Waals surface area (Å²) in [5.41, 5.74) is 0. The zero-order valence-electron chi connectivity index (χ0n) is 8.54. The molecule has 0 heterocycles. The van der Waals surface area contributed by atoms with Crippen LogP contribution in [0.4, 0.5) is 0 Å². The fourth-order valence-electron chi connectivity index (χ4n) is 1.09. The van der Waals surface area contributed by atoms with Crippen molar-refractivity contribution in [1.82, 2.24) is 4.72 Å². The molecule has 0 aliphatic rings. The van der Waals surface area contributed by atoms with Gasteiger partial charge < -0.3 is 4.74 Å². The van der Waals surface area contributed by atoms with E-state index in [0.29, 0.717) is 0 Å². The Bertz CT molecular complexity index is 442. The van der Waals surface area contributed by atoms with Crippen LogP contribution in [0.15, 0.2) is 23.1 Å². The van der Waals surface area contributed by atoms with Gasteiger partial charge in [0.25, 0.3) is 0 Å². The second-order valence-electron chi connectivity index (χ2n) is 2.94. The predicted octanol–water partition coefficient (Wildman–Crippen LogP) is 1.92. The van der Waals surface area contributed by atoms with Crippen molar-refractivity contribution in [1.29, 1.82) is 0 Å². The highest BCUT2D eigenvalue weighted by molar-refractivity contribution is 7.89. The number of hydrogen-bond donors (Lipinski definition) is 1. The summed E-state index contributed by atoms with van der Waals surface area (Å²) in [6.45, 7) is 0.446. The molecule has 0 aliphatic heterocycles. The van der Waals surface area contributed by atoms with Crippen molar-refractivity contribution < 1.29 is 13.2 Å². The minimum Gasteiger partial charge on any atom is -0.383 e. The Labute approximate surface area is 105 Å². The first-order valence-electron chi connectivity index (χ1n) is 4.41. The standard InChI is InChI=1S/C9H11Cl2NO3S/c1-15-6-5-12-16(13,14)9-7(10)3-2-4-8(9)11/h2-4,12H,5-6H2,1H3. The molecule has 1 aromatic rings. The number of nitrogens with one attached hydrogen (secondary N) is 1. The van der Waals surface area contributed by atoms with Gasteiger partial charge in [-0.1, -0.05) is 29.3 Å². The lowest BCUT2D eigenvalue weighted by Crippen LogP contribution is -2.27. The van der Waals surface area contributed by atoms with E-state index in [-0.39, 0.29) is 28.1 Å². The zero-order valence-corrected chi connectivity index (χ0v) is 10.9. The summed E-state index contributed by atoms with van der Waals surface area (Å²) in [5, 5.41) is 0.190. The van der Waals surface area contributed by atoms with Gasteiger partial charge in [-0.15, -0.1) is 0 Å². The molecule has 1 N–H and O–H groups in total. The number of hydrogen-bond acceptors (Lipinski definition) is 3. The number of benzene rings is 1. The zero-order chi connectivity index (χ0) is 12.2. The summed E-state index contributed by atoms with van der Waals surface area (Å²) in [6, 6.07) is 4.52. The number of rotatable bonds is 5. The largest absolute Gasteiger partial charge is 0.383 e. The van der Waals surface area contributed by atoms with Gasteiger partial charge in [0.2, 0.25) is 10.0 Å². The Morgan fingerprint density at radius 1 is 1.31 bits per heavy atom. The van der Waals surface area contributed by atoms with Gasteiger partial charge in [0.15, 0.2) is 0 Å². The first-order chi connectivity index (χ1) is 7.49. The van der Waals surface area contributed by atoms with Crippen LogP contribution in [-0.2, 0) is 14.8 Å². The highest BCUT2D eigenvalue weighted by Crippen LogP contribution is 2.28. The molecule has 0 saturated carbocycles. The summed E-state index contributed by atoms with van der Waals surface area (Å²) in [4.78, 5) is -0.102. The third-order valence-corrected chi connectivity index (χ3v) is 4.20. The number of ether oxygens (including phenoxy) is 1. The molecule has 0 atom stereocenters. The van der Waals surface area contributed by atoms with E-state index in [2.05, 4.69) is 4.72 Å². The summed E-state index contributed by atoms with van der Waals surface area (Å²) < 4.78 is 30.7. The van der Waals surface area contributed by atoms with Crippen LogP contribution in [0, 0.1) is 0 Å². The molecule has 0 spiro atoms. The maximum absolute atomic E-state index is 11.8. The maximum Gasteiger partial charge on any atom is 0.243 e. The van der Waals surface area contributed by atoms with Crippen LogP contribution in [0.25, 0.3) is 0 Å². The van der Waals surface area contributed by atoms with Crippen LogP contribution in [0.3, 0.4) is 0 Å². The molecule has 0 saturated heterocycles. The van der Waals surface area contributed by atoms with Gasteiger partial charge in [-0.25, -0.2) is 13.1 Å². The molecule has 16 heavy (non-hydrogen) atoms. The van der Waals surface area contributed by atoms with Gasteiger partial charge in [-0.2, -0.15) is 0 Å². The Balaban J connectivity index is 2.98. The van der Waals surface area contributed by atoms with E-state index in [1.165, 1.54) is 19.2 Å². The molecule has 4 nitrogen and oxygen atoms in total. The highest BCUT2D eigenvalue weighted by atomic mass is 35.5. The normalized spacial score (nSPS) is 11.7. The number of halogens is 2. The lowest BCUT2D eigenvalue weighted by atomic mass is 10.4. The minimum absolute atomic E-state index is 0.0948. The van der Waals surface area contributed by atoms with Crippen molar-refractivity contribution in [3.05, 3.63) is 28.2 Å². The van der Waals surface area contributed by atoms with E-state index in [1.807, 2.05) is 0 Å². The molecule has 7 heteroatoms. The molecule has 0 unspecified atom stereocenters. The molecule has 0 aliphatic carbocycles. The summed E-state index contributed by atoms with van der Waals surface area (Å²) in [5.74, 6) is 0. The molecule has 0 aromatic heterocycles. The average Bonchev–Trinajstić information content (AvgIpc) is 2.17. The van der Waals surface area contributed by atoms with Crippen LogP contribution in [-0.4, -0.2) is 28.7 Å². The van der Waals surface area contributed by atoms with E-state index >= 15 is 0 Å². The Hall–Kier alpha value is -0.330. The van der Waals surface area contributed by atoms with Gasteiger partial charge in [-0.05, 0) is 12.1 Å². The van der Waals surface area contributed by atoms with E-state index in [9.17, 15) is 8.42 Å². The number of sulfonamides is 1. The lowest BCUT2D eigenvalue weighted by Gasteiger charge is -2.09. The first kappa shape index (κ1) is 13.7. The average molecular weight is 284 g/mol. The van der Waals surface area contributed by atoms with Crippen LogP contribution in [0.5, 0.6) is 0 Å². The van der Waals surface area contributed by atoms with Gasteiger partial charge in [0.05, 0.1) is 16.7 Å². The fraction of sp³-hybridized carbons (Fsp3) is 0.333. The highest BCUT2D eigenvalue weighted by Gasteiger charge is 2.20. The van der Waals surface area contributed by atoms with Crippen molar-refractivity contribution in [2.75, 3.05) is 20.3 Å². The number of methoxy groups -OCH3 is 1. The molecule has 0 radical (unpaired) electrons. The summed E-state index contributed by atoms with van der Waals surface area (Å²) in [7, 11) is -2.20. The lowest BCUT2D eigenvalue weighted by molar-refractivity contribution is 0.204. The van der Waals surface area contributed by atoms with E-state index in [1.54, 1.807) is 6.07 Å². The molecule has 1 aromatic carbocycles. The van der Waals surface area contributed by atoms with E-state index in [0.717, 1.165) is 0 Å². The van der Waals surface area contributed by atoms with Crippen molar-refractivity contribution >= 4 is 33.2 Å². The Morgan fingerprint density at radius 3 is 2.38 bits per heavy atom. The topological polar surface area (TPSA) is 55.4 Å². The Morgan fingerprint density at radius 2 is 1.88 bits per heavy atom.